The lowest BCUT2D eigenvalue weighted by molar-refractivity contribution is 0.0825. The molecule has 2 aliphatic rings. The van der Waals surface area contributed by atoms with Crippen molar-refractivity contribution in [3.8, 4) is 0 Å². The topological polar surface area (TPSA) is 33.3 Å². The van der Waals surface area contributed by atoms with Crippen LogP contribution in [0.15, 0.2) is 0 Å². The van der Waals surface area contributed by atoms with E-state index in [1.54, 1.807) is 0 Å². The molecule has 2 aliphatic heterocycles. The van der Waals surface area contributed by atoms with Crippen LogP contribution in [0.4, 0.5) is 0 Å². The standard InChI is InChI=1S/C12H24N2O/c1-10(12-6-4-8-15-12)14-9-11-5-2-3-7-13-11/h10-14H,2-9H2,1H3. The van der Waals surface area contributed by atoms with Crippen LogP contribution in [0.1, 0.15) is 39.0 Å². The molecule has 2 saturated heterocycles. The average molecular weight is 212 g/mol. The highest BCUT2D eigenvalue weighted by Gasteiger charge is 2.22. The van der Waals surface area contributed by atoms with E-state index >= 15 is 0 Å². The summed E-state index contributed by atoms with van der Waals surface area (Å²) in [6.07, 6.45) is 6.97. The summed E-state index contributed by atoms with van der Waals surface area (Å²) in [5.74, 6) is 0. The van der Waals surface area contributed by atoms with E-state index in [9.17, 15) is 0 Å². The third kappa shape index (κ3) is 3.44. The molecule has 0 spiro atoms. The van der Waals surface area contributed by atoms with E-state index in [1.165, 1.54) is 38.6 Å². The summed E-state index contributed by atoms with van der Waals surface area (Å²) >= 11 is 0. The molecule has 2 fully saturated rings. The molecular formula is C12H24N2O. The van der Waals surface area contributed by atoms with Gasteiger partial charge in [0.2, 0.25) is 0 Å². The average Bonchev–Trinajstić information content (AvgIpc) is 2.81. The maximum absolute atomic E-state index is 5.67. The van der Waals surface area contributed by atoms with Gasteiger partial charge in [-0.25, -0.2) is 0 Å². The Hall–Kier alpha value is -0.120. The molecule has 88 valence electrons. The smallest absolute Gasteiger partial charge is 0.0726 e. The van der Waals surface area contributed by atoms with Gasteiger partial charge in [-0.15, -0.1) is 0 Å². The maximum Gasteiger partial charge on any atom is 0.0726 e. The van der Waals surface area contributed by atoms with E-state index in [-0.39, 0.29) is 0 Å². The maximum atomic E-state index is 5.67. The molecule has 3 nitrogen and oxygen atoms in total. The van der Waals surface area contributed by atoms with Crippen molar-refractivity contribution in [3.05, 3.63) is 0 Å². The summed E-state index contributed by atoms with van der Waals surface area (Å²) < 4.78 is 5.67. The SMILES string of the molecule is CC(NCC1CCCCN1)C1CCCO1. The zero-order chi connectivity index (χ0) is 10.5. The predicted molar refractivity (Wildman–Crippen MR) is 62.1 cm³/mol. The van der Waals surface area contributed by atoms with Gasteiger partial charge in [0, 0.05) is 25.2 Å². The molecule has 2 rings (SSSR count). The van der Waals surface area contributed by atoms with Crippen LogP contribution in [0.25, 0.3) is 0 Å². The second kappa shape index (κ2) is 5.83. The van der Waals surface area contributed by atoms with Crippen molar-refractivity contribution in [2.75, 3.05) is 19.7 Å². The first-order valence-corrected chi connectivity index (χ1v) is 6.44. The van der Waals surface area contributed by atoms with Crippen LogP contribution in [0.2, 0.25) is 0 Å². The summed E-state index contributed by atoms with van der Waals surface area (Å²) in [5.41, 5.74) is 0. The van der Waals surface area contributed by atoms with Crippen molar-refractivity contribution >= 4 is 0 Å². The van der Waals surface area contributed by atoms with E-state index in [1.807, 2.05) is 0 Å². The monoisotopic (exact) mass is 212 g/mol. The first-order chi connectivity index (χ1) is 7.36. The van der Waals surface area contributed by atoms with Gasteiger partial charge in [-0.3, -0.25) is 0 Å². The second-order valence-electron chi connectivity index (χ2n) is 4.90. The molecule has 0 saturated carbocycles. The van der Waals surface area contributed by atoms with Crippen LogP contribution in [-0.2, 0) is 4.74 Å². The summed E-state index contributed by atoms with van der Waals surface area (Å²) in [7, 11) is 0. The van der Waals surface area contributed by atoms with Gasteiger partial charge >= 0.3 is 0 Å². The molecule has 2 N–H and O–H groups in total. The minimum atomic E-state index is 0.452. The summed E-state index contributed by atoms with van der Waals surface area (Å²) in [6, 6.07) is 1.19. The molecule has 0 aliphatic carbocycles. The Labute approximate surface area is 93.0 Å². The molecule has 3 atom stereocenters. The fraction of sp³-hybridized carbons (Fsp3) is 1.00. The molecular weight excluding hydrogens is 188 g/mol. The Morgan fingerprint density at radius 3 is 2.93 bits per heavy atom. The van der Waals surface area contributed by atoms with E-state index in [0.29, 0.717) is 18.2 Å². The van der Waals surface area contributed by atoms with Crippen LogP contribution >= 0.6 is 0 Å². The highest BCUT2D eigenvalue weighted by molar-refractivity contribution is 4.80. The number of rotatable bonds is 4. The first kappa shape index (κ1) is 11.4. The Balaban J connectivity index is 1.63. The van der Waals surface area contributed by atoms with Crippen LogP contribution in [0, 0.1) is 0 Å². The van der Waals surface area contributed by atoms with Gasteiger partial charge in [-0.1, -0.05) is 6.42 Å². The van der Waals surface area contributed by atoms with E-state index < -0.39 is 0 Å². The quantitative estimate of drug-likeness (QED) is 0.736. The van der Waals surface area contributed by atoms with Gasteiger partial charge in [0.25, 0.3) is 0 Å². The van der Waals surface area contributed by atoms with Crippen molar-refractivity contribution in [2.24, 2.45) is 0 Å². The van der Waals surface area contributed by atoms with Crippen molar-refractivity contribution in [1.29, 1.82) is 0 Å². The second-order valence-corrected chi connectivity index (χ2v) is 4.90. The lowest BCUT2D eigenvalue weighted by Crippen LogP contribution is -2.47. The minimum absolute atomic E-state index is 0.452. The van der Waals surface area contributed by atoms with Crippen molar-refractivity contribution in [1.82, 2.24) is 10.6 Å². The van der Waals surface area contributed by atoms with Crippen LogP contribution in [-0.4, -0.2) is 37.9 Å². The number of hydrogen-bond donors (Lipinski definition) is 2. The Kier molecular flexibility index (Phi) is 4.42. The van der Waals surface area contributed by atoms with Gasteiger partial charge < -0.3 is 15.4 Å². The van der Waals surface area contributed by atoms with Gasteiger partial charge in [0.1, 0.15) is 0 Å². The number of ether oxygens (including phenoxy) is 1. The largest absolute Gasteiger partial charge is 0.377 e. The third-order valence-corrected chi connectivity index (χ3v) is 3.62. The van der Waals surface area contributed by atoms with Crippen molar-refractivity contribution in [3.63, 3.8) is 0 Å². The van der Waals surface area contributed by atoms with Crippen LogP contribution < -0.4 is 10.6 Å². The molecule has 0 aromatic rings. The molecule has 0 aromatic carbocycles. The number of hydrogen-bond acceptors (Lipinski definition) is 3. The van der Waals surface area contributed by atoms with Crippen molar-refractivity contribution in [2.45, 2.75) is 57.2 Å². The summed E-state index contributed by atoms with van der Waals surface area (Å²) in [4.78, 5) is 0. The van der Waals surface area contributed by atoms with E-state index in [4.69, 9.17) is 4.74 Å². The third-order valence-electron chi connectivity index (χ3n) is 3.62. The fourth-order valence-electron chi connectivity index (χ4n) is 2.55. The van der Waals surface area contributed by atoms with Gasteiger partial charge in [-0.2, -0.15) is 0 Å². The Morgan fingerprint density at radius 1 is 1.33 bits per heavy atom. The van der Waals surface area contributed by atoms with Gasteiger partial charge in [0.05, 0.1) is 6.10 Å². The van der Waals surface area contributed by atoms with Crippen LogP contribution in [0.5, 0.6) is 0 Å². The normalized spacial score (nSPS) is 34.2. The molecule has 0 amide bonds. The predicted octanol–water partition coefficient (Wildman–Crippen LogP) is 1.29. The molecule has 3 unspecified atom stereocenters. The minimum Gasteiger partial charge on any atom is -0.377 e. The molecule has 0 bridgehead atoms. The molecule has 0 radical (unpaired) electrons. The highest BCUT2D eigenvalue weighted by atomic mass is 16.5. The first-order valence-electron chi connectivity index (χ1n) is 6.44. The van der Waals surface area contributed by atoms with Gasteiger partial charge in [0.15, 0.2) is 0 Å². The Bertz CT molecular complexity index is 174. The Morgan fingerprint density at radius 2 is 2.27 bits per heavy atom. The lowest BCUT2D eigenvalue weighted by atomic mass is 10.0. The van der Waals surface area contributed by atoms with Crippen molar-refractivity contribution < 1.29 is 4.74 Å². The van der Waals surface area contributed by atoms with E-state index in [0.717, 1.165) is 13.2 Å². The highest BCUT2D eigenvalue weighted by Crippen LogP contribution is 2.15. The van der Waals surface area contributed by atoms with Crippen LogP contribution in [0.3, 0.4) is 0 Å². The summed E-state index contributed by atoms with van der Waals surface area (Å²) in [6.45, 7) is 5.50. The van der Waals surface area contributed by atoms with E-state index in [2.05, 4.69) is 17.6 Å². The molecule has 2 heterocycles. The number of nitrogens with one attached hydrogen (secondary N) is 2. The fourth-order valence-corrected chi connectivity index (χ4v) is 2.55. The number of piperidine rings is 1. The molecule has 3 heteroatoms. The molecule has 0 aromatic heterocycles. The lowest BCUT2D eigenvalue weighted by Gasteiger charge is -2.27. The zero-order valence-electron chi connectivity index (χ0n) is 9.80. The molecule has 15 heavy (non-hydrogen) atoms. The van der Waals surface area contributed by atoms with Gasteiger partial charge in [-0.05, 0) is 39.2 Å². The summed E-state index contributed by atoms with van der Waals surface area (Å²) in [5, 5.41) is 7.17. The zero-order valence-corrected chi connectivity index (χ0v) is 9.80.